The Morgan fingerprint density at radius 3 is 2.67 bits per heavy atom. The van der Waals surface area contributed by atoms with Gasteiger partial charge in [0.25, 0.3) is 10.0 Å². The number of halogens is 1. The molecule has 0 aliphatic rings. The molecular weight excluding hydrogens is 376 g/mol. The molecule has 0 atom stereocenters. The summed E-state index contributed by atoms with van der Waals surface area (Å²) in [5.41, 5.74) is 6.09. The molecular formula is C13H15BrN2O3S2. The van der Waals surface area contributed by atoms with Gasteiger partial charge in [-0.1, -0.05) is 6.07 Å². The number of anilines is 1. The van der Waals surface area contributed by atoms with E-state index in [0.29, 0.717) is 21.8 Å². The molecule has 1 aromatic carbocycles. The van der Waals surface area contributed by atoms with Gasteiger partial charge in [-0.05, 0) is 34.1 Å². The van der Waals surface area contributed by atoms with Gasteiger partial charge in [0.05, 0.1) is 16.6 Å². The Hall–Kier alpha value is -1.09. The van der Waals surface area contributed by atoms with Crippen molar-refractivity contribution in [2.75, 3.05) is 18.5 Å². The predicted octanol–water partition coefficient (Wildman–Crippen LogP) is 2.80. The van der Waals surface area contributed by atoms with Crippen LogP contribution in [0.1, 0.15) is 4.88 Å². The molecule has 1 heterocycles. The molecule has 0 aliphatic heterocycles. The highest BCUT2D eigenvalue weighted by molar-refractivity contribution is 9.11. The van der Waals surface area contributed by atoms with Crippen LogP contribution < -0.4 is 14.8 Å². The Balaban J connectivity index is 2.44. The van der Waals surface area contributed by atoms with Crippen LogP contribution in [0.2, 0.25) is 0 Å². The number of hydrogen-bond acceptors (Lipinski definition) is 5. The third-order valence-corrected chi connectivity index (χ3v) is 7.02. The number of nitrogens with zero attached hydrogens (tertiary/aromatic N) is 1. The van der Waals surface area contributed by atoms with Crippen molar-refractivity contribution < 1.29 is 13.2 Å². The Morgan fingerprint density at radius 1 is 1.38 bits per heavy atom. The molecule has 0 unspecified atom stereocenters. The normalized spacial score (nSPS) is 11.4. The third-order valence-electron chi connectivity index (χ3n) is 2.96. The summed E-state index contributed by atoms with van der Waals surface area (Å²) in [5.74, 6) is 0.599. The number of thiophene rings is 1. The summed E-state index contributed by atoms with van der Waals surface area (Å²) in [6, 6.07) is 8.48. The number of ether oxygens (including phenoxy) is 1. The van der Waals surface area contributed by atoms with Gasteiger partial charge in [-0.3, -0.25) is 4.31 Å². The number of hydrogen-bond donors (Lipinski definition) is 1. The van der Waals surface area contributed by atoms with Crippen LogP contribution in [-0.2, 0) is 16.6 Å². The summed E-state index contributed by atoms with van der Waals surface area (Å²) in [6.07, 6.45) is 0. The maximum Gasteiger partial charge on any atom is 0.266 e. The van der Waals surface area contributed by atoms with Crippen LogP contribution in [0.25, 0.3) is 0 Å². The molecule has 21 heavy (non-hydrogen) atoms. The van der Waals surface area contributed by atoms with E-state index in [1.54, 1.807) is 30.3 Å². The molecule has 0 saturated carbocycles. The van der Waals surface area contributed by atoms with E-state index in [1.165, 1.54) is 29.8 Å². The van der Waals surface area contributed by atoms with Crippen LogP contribution in [0.15, 0.2) is 39.0 Å². The van der Waals surface area contributed by atoms with Gasteiger partial charge in [-0.15, -0.1) is 11.3 Å². The standard InChI is InChI=1S/C13H15BrN2O3S2/c1-16(9-4-3-5-10(6-9)19-2)21(17,18)12-7-11(8-15)20-13(12)14/h3-7H,8,15H2,1-2H3. The number of nitrogens with two attached hydrogens (primary N) is 1. The maximum absolute atomic E-state index is 12.7. The van der Waals surface area contributed by atoms with Crippen LogP contribution in [0.4, 0.5) is 5.69 Å². The minimum absolute atomic E-state index is 0.221. The van der Waals surface area contributed by atoms with E-state index in [9.17, 15) is 8.42 Å². The van der Waals surface area contributed by atoms with Gasteiger partial charge in [0.15, 0.2) is 0 Å². The van der Waals surface area contributed by atoms with Crippen molar-refractivity contribution in [2.45, 2.75) is 11.4 Å². The fourth-order valence-electron chi connectivity index (χ4n) is 1.77. The van der Waals surface area contributed by atoms with E-state index in [0.717, 1.165) is 4.88 Å². The highest BCUT2D eigenvalue weighted by atomic mass is 79.9. The zero-order valence-corrected chi connectivity index (χ0v) is 14.8. The molecule has 114 valence electrons. The van der Waals surface area contributed by atoms with Crippen LogP contribution in [0.3, 0.4) is 0 Å². The first-order chi connectivity index (χ1) is 9.90. The third kappa shape index (κ3) is 3.23. The lowest BCUT2D eigenvalue weighted by Crippen LogP contribution is -2.26. The van der Waals surface area contributed by atoms with Crippen LogP contribution in [-0.4, -0.2) is 22.6 Å². The summed E-state index contributed by atoms with van der Waals surface area (Å²) >= 11 is 4.62. The lowest BCUT2D eigenvalue weighted by atomic mass is 10.3. The molecule has 0 aliphatic carbocycles. The van der Waals surface area contributed by atoms with E-state index in [2.05, 4.69) is 15.9 Å². The topological polar surface area (TPSA) is 72.6 Å². The van der Waals surface area contributed by atoms with Gasteiger partial charge in [0.2, 0.25) is 0 Å². The maximum atomic E-state index is 12.7. The fourth-order valence-corrected chi connectivity index (χ4v) is 5.46. The van der Waals surface area contributed by atoms with Gasteiger partial charge in [-0.2, -0.15) is 0 Å². The van der Waals surface area contributed by atoms with E-state index in [4.69, 9.17) is 10.5 Å². The lowest BCUT2D eigenvalue weighted by molar-refractivity contribution is 0.415. The zero-order chi connectivity index (χ0) is 15.6. The van der Waals surface area contributed by atoms with Crippen LogP contribution in [0, 0.1) is 0 Å². The van der Waals surface area contributed by atoms with E-state index < -0.39 is 10.0 Å². The van der Waals surface area contributed by atoms with Crippen molar-refractivity contribution in [3.8, 4) is 5.75 Å². The first kappa shape index (κ1) is 16.3. The van der Waals surface area contributed by atoms with Crippen molar-refractivity contribution in [3.63, 3.8) is 0 Å². The van der Waals surface area contributed by atoms with E-state index in [1.807, 2.05) is 0 Å². The molecule has 2 aromatic rings. The average molecular weight is 391 g/mol. The molecule has 1 aromatic heterocycles. The second-order valence-electron chi connectivity index (χ2n) is 4.23. The number of rotatable bonds is 5. The fraction of sp³-hybridized carbons (Fsp3) is 0.231. The average Bonchev–Trinajstić information content (AvgIpc) is 2.88. The van der Waals surface area contributed by atoms with Crippen molar-refractivity contribution >= 4 is 43.0 Å². The smallest absolute Gasteiger partial charge is 0.266 e. The summed E-state index contributed by atoms with van der Waals surface area (Å²) < 4.78 is 32.3. The van der Waals surface area contributed by atoms with Gasteiger partial charge in [0.1, 0.15) is 10.6 Å². The Bertz CT molecular complexity index is 744. The van der Waals surface area contributed by atoms with E-state index >= 15 is 0 Å². The Morgan fingerprint density at radius 2 is 2.10 bits per heavy atom. The van der Waals surface area contributed by atoms with Crippen molar-refractivity contribution in [1.29, 1.82) is 0 Å². The second kappa shape index (κ2) is 6.35. The molecule has 2 rings (SSSR count). The summed E-state index contributed by atoms with van der Waals surface area (Å²) in [4.78, 5) is 1.03. The van der Waals surface area contributed by atoms with Gasteiger partial charge >= 0.3 is 0 Å². The summed E-state index contributed by atoms with van der Waals surface area (Å²) in [7, 11) is -0.603. The molecule has 0 saturated heterocycles. The molecule has 0 fully saturated rings. The lowest BCUT2D eigenvalue weighted by Gasteiger charge is -2.19. The highest BCUT2D eigenvalue weighted by Crippen LogP contribution is 2.35. The number of sulfonamides is 1. The van der Waals surface area contributed by atoms with Crippen LogP contribution in [0.5, 0.6) is 5.75 Å². The molecule has 0 bridgehead atoms. The molecule has 2 N–H and O–H groups in total. The first-order valence-electron chi connectivity index (χ1n) is 6.01. The van der Waals surface area contributed by atoms with Crippen molar-refractivity contribution in [2.24, 2.45) is 5.73 Å². The predicted molar refractivity (Wildman–Crippen MR) is 88.5 cm³/mol. The number of methoxy groups -OCH3 is 1. The molecule has 5 nitrogen and oxygen atoms in total. The number of benzene rings is 1. The Labute approximate surface area is 136 Å². The highest BCUT2D eigenvalue weighted by Gasteiger charge is 2.26. The van der Waals surface area contributed by atoms with E-state index in [-0.39, 0.29) is 4.90 Å². The largest absolute Gasteiger partial charge is 0.497 e. The first-order valence-corrected chi connectivity index (χ1v) is 9.06. The second-order valence-corrected chi connectivity index (χ2v) is 8.62. The zero-order valence-electron chi connectivity index (χ0n) is 11.5. The summed E-state index contributed by atoms with van der Waals surface area (Å²) in [5, 5.41) is 0. The molecule has 8 heteroatoms. The van der Waals surface area contributed by atoms with Gasteiger partial charge < -0.3 is 10.5 Å². The van der Waals surface area contributed by atoms with Gasteiger partial charge in [0, 0.05) is 24.5 Å². The Kier molecular flexibility index (Phi) is 4.92. The summed E-state index contributed by atoms with van der Waals surface area (Å²) in [6.45, 7) is 0.307. The minimum atomic E-state index is -3.65. The van der Waals surface area contributed by atoms with Crippen LogP contribution >= 0.6 is 27.3 Å². The minimum Gasteiger partial charge on any atom is -0.497 e. The SMILES string of the molecule is COc1cccc(N(C)S(=O)(=O)c2cc(CN)sc2Br)c1. The molecule has 0 amide bonds. The quantitative estimate of drug-likeness (QED) is 0.851. The monoisotopic (exact) mass is 390 g/mol. The van der Waals surface area contributed by atoms with Crippen molar-refractivity contribution in [3.05, 3.63) is 39.0 Å². The molecule has 0 radical (unpaired) electrons. The van der Waals surface area contributed by atoms with Crippen molar-refractivity contribution in [1.82, 2.24) is 0 Å². The van der Waals surface area contributed by atoms with Gasteiger partial charge in [-0.25, -0.2) is 8.42 Å². The molecule has 0 spiro atoms.